The van der Waals surface area contributed by atoms with Crippen molar-refractivity contribution in [1.82, 2.24) is 29.6 Å². The van der Waals surface area contributed by atoms with Crippen LogP contribution in [0.25, 0.3) is 33.3 Å². The molecule has 0 radical (unpaired) electrons. The number of carbonyl (C=O) groups excluding carboxylic acids is 1. The average Bonchev–Trinajstić information content (AvgIpc) is 3.50. The summed E-state index contributed by atoms with van der Waals surface area (Å²) < 4.78 is 1.95. The van der Waals surface area contributed by atoms with Crippen molar-refractivity contribution in [3.05, 3.63) is 35.7 Å². The number of benzene rings is 1. The first kappa shape index (κ1) is 20.5. The predicted octanol–water partition coefficient (Wildman–Crippen LogP) is 4.32. The van der Waals surface area contributed by atoms with Crippen molar-refractivity contribution >= 4 is 33.7 Å². The maximum Gasteiger partial charge on any atom is 0.253 e. The van der Waals surface area contributed by atoms with E-state index in [4.69, 9.17) is 5.10 Å². The molecule has 0 bridgehead atoms. The van der Waals surface area contributed by atoms with Gasteiger partial charge in [0, 0.05) is 36.6 Å². The molecule has 1 amide bonds. The molecule has 0 spiro atoms. The summed E-state index contributed by atoms with van der Waals surface area (Å²) in [5.74, 6) is 0.843. The number of rotatable bonds is 3. The standard InChI is InChI=1S/C24H29N7O/c1-14-16-9-8-15(23(32)30-10-6-7-11-30)12-17(16)28-19(14)20-18-21(25-5)26-13-27-22(18)31(29-20)24(2,3)4/h8-9,12-13,28H,6-7,10-11H2,1-5H3,(H,25,26,27). The first-order valence-corrected chi connectivity index (χ1v) is 11.1. The number of hydrogen-bond donors (Lipinski definition) is 2. The minimum Gasteiger partial charge on any atom is -0.372 e. The number of hydrogen-bond acceptors (Lipinski definition) is 5. The van der Waals surface area contributed by atoms with E-state index in [-0.39, 0.29) is 11.4 Å². The largest absolute Gasteiger partial charge is 0.372 e. The van der Waals surface area contributed by atoms with Crippen molar-refractivity contribution in [2.75, 3.05) is 25.5 Å². The molecule has 3 aromatic heterocycles. The average molecular weight is 432 g/mol. The zero-order valence-electron chi connectivity index (χ0n) is 19.3. The first-order valence-electron chi connectivity index (χ1n) is 11.1. The number of likely N-dealkylation sites (tertiary alicyclic amines) is 1. The molecule has 0 aliphatic carbocycles. The Balaban J connectivity index is 1.69. The highest BCUT2D eigenvalue weighted by Gasteiger charge is 2.27. The highest BCUT2D eigenvalue weighted by atomic mass is 16.2. The lowest BCUT2D eigenvalue weighted by molar-refractivity contribution is 0.0793. The second-order valence-electron chi connectivity index (χ2n) is 9.49. The molecule has 4 aromatic rings. The van der Waals surface area contributed by atoms with Gasteiger partial charge in [-0.2, -0.15) is 5.10 Å². The van der Waals surface area contributed by atoms with E-state index in [1.807, 2.05) is 34.8 Å². The summed E-state index contributed by atoms with van der Waals surface area (Å²) in [6, 6.07) is 5.93. The molecule has 0 atom stereocenters. The lowest BCUT2D eigenvalue weighted by Crippen LogP contribution is -2.27. The Bertz CT molecular complexity index is 1340. The third kappa shape index (κ3) is 3.13. The van der Waals surface area contributed by atoms with Gasteiger partial charge in [-0.3, -0.25) is 4.79 Å². The van der Waals surface area contributed by atoms with Crippen molar-refractivity contribution in [3.8, 4) is 11.4 Å². The monoisotopic (exact) mass is 431 g/mol. The van der Waals surface area contributed by atoms with E-state index in [9.17, 15) is 4.79 Å². The minimum atomic E-state index is -0.245. The molecule has 1 aliphatic heterocycles. The summed E-state index contributed by atoms with van der Waals surface area (Å²) >= 11 is 0. The van der Waals surface area contributed by atoms with E-state index in [1.54, 1.807) is 6.33 Å². The number of nitrogens with one attached hydrogen (secondary N) is 2. The third-order valence-electron chi connectivity index (χ3n) is 6.27. The van der Waals surface area contributed by atoms with Crippen LogP contribution >= 0.6 is 0 Å². The Kier molecular flexibility index (Phi) is 4.69. The van der Waals surface area contributed by atoms with E-state index in [0.717, 1.165) is 76.2 Å². The molecule has 1 aliphatic rings. The molecular formula is C24H29N7O. The molecule has 0 unspecified atom stereocenters. The molecular weight excluding hydrogens is 402 g/mol. The van der Waals surface area contributed by atoms with Gasteiger partial charge in [0.1, 0.15) is 17.8 Å². The smallest absolute Gasteiger partial charge is 0.253 e. The third-order valence-corrected chi connectivity index (χ3v) is 6.27. The molecule has 4 heterocycles. The van der Waals surface area contributed by atoms with Gasteiger partial charge in [0.05, 0.1) is 16.6 Å². The van der Waals surface area contributed by atoms with Gasteiger partial charge >= 0.3 is 0 Å². The summed E-state index contributed by atoms with van der Waals surface area (Å²) in [4.78, 5) is 27.4. The molecule has 1 aromatic carbocycles. The molecule has 0 saturated carbocycles. The number of anilines is 1. The van der Waals surface area contributed by atoms with Gasteiger partial charge in [-0.05, 0) is 58.2 Å². The van der Waals surface area contributed by atoms with Gasteiger partial charge in [-0.25, -0.2) is 14.6 Å². The van der Waals surface area contributed by atoms with Crippen molar-refractivity contribution in [2.45, 2.75) is 46.1 Å². The fraction of sp³-hybridized carbons (Fsp3) is 0.417. The maximum absolute atomic E-state index is 12.9. The zero-order valence-corrected chi connectivity index (χ0v) is 19.3. The lowest BCUT2D eigenvalue weighted by atomic mass is 10.1. The second kappa shape index (κ2) is 7.32. The topological polar surface area (TPSA) is 91.7 Å². The fourth-order valence-electron chi connectivity index (χ4n) is 4.59. The Morgan fingerprint density at radius 1 is 1.16 bits per heavy atom. The maximum atomic E-state index is 12.9. The van der Waals surface area contributed by atoms with Gasteiger partial charge in [0.2, 0.25) is 0 Å². The van der Waals surface area contributed by atoms with Gasteiger partial charge in [-0.15, -0.1) is 0 Å². The molecule has 1 fully saturated rings. The van der Waals surface area contributed by atoms with E-state index in [0.29, 0.717) is 0 Å². The first-order chi connectivity index (χ1) is 15.3. The van der Waals surface area contributed by atoms with E-state index >= 15 is 0 Å². The number of amides is 1. The summed E-state index contributed by atoms with van der Waals surface area (Å²) in [6.45, 7) is 10.1. The van der Waals surface area contributed by atoms with Crippen LogP contribution in [0.3, 0.4) is 0 Å². The molecule has 8 nitrogen and oxygen atoms in total. The van der Waals surface area contributed by atoms with Crippen LogP contribution in [0.15, 0.2) is 24.5 Å². The number of fused-ring (bicyclic) bond motifs is 2. The molecule has 8 heteroatoms. The Hall–Kier alpha value is -3.42. The molecule has 1 saturated heterocycles. The number of aryl methyl sites for hydroxylation is 1. The van der Waals surface area contributed by atoms with Crippen molar-refractivity contribution in [1.29, 1.82) is 0 Å². The highest BCUT2D eigenvalue weighted by Crippen LogP contribution is 2.37. The van der Waals surface area contributed by atoms with Crippen LogP contribution in [0.1, 0.15) is 49.5 Å². The summed E-state index contributed by atoms with van der Waals surface area (Å²) in [5.41, 5.74) is 5.01. The minimum absolute atomic E-state index is 0.103. The van der Waals surface area contributed by atoms with Crippen LogP contribution in [-0.2, 0) is 5.54 Å². The number of carbonyl (C=O) groups is 1. The molecule has 166 valence electrons. The van der Waals surface area contributed by atoms with Gasteiger partial charge in [-0.1, -0.05) is 6.07 Å². The summed E-state index contributed by atoms with van der Waals surface area (Å²) in [7, 11) is 1.86. The van der Waals surface area contributed by atoms with Gasteiger partial charge in [0.25, 0.3) is 5.91 Å². The number of aromatic nitrogens is 5. The lowest BCUT2D eigenvalue weighted by Gasteiger charge is -2.19. The molecule has 32 heavy (non-hydrogen) atoms. The Morgan fingerprint density at radius 2 is 1.91 bits per heavy atom. The number of aromatic amines is 1. The summed E-state index contributed by atoms with van der Waals surface area (Å²) in [6.07, 6.45) is 3.73. The van der Waals surface area contributed by atoms with Gasteiger partial charge in [0.15, 0.2) is 5.65 Å². The highest BCUT2D eigenvalue weighted by molar-refractivity contribution is 6.04. The Morgan fingerprint density at radius 3 is 2.59 bits per heavy atom. The second-order valence-corrected chi connectivity index (χ2v) is 9.49. The van der Waals surface area contributed by atoms with Crippen molar-refractivity contribution in [2.24, 2.45) is 0 Å². The quantitative estimate of drug-likeness (QED) is 0.504. The zero-order chi connectivity index (χ0) is 22.6. The number of nitrogens with zero attached hydrogens (tertiary/aromatic N) is 5. The van der Waals surface area contributed by atoms with Crippen molar-refractivity contribution in [3.63, 3.8) is 0 Å². The van der Waals surface area contributed by atoms with Crippen molar-refractivity contribution < 1.29 is 4.79 Å². The van der Waals surface area contributed by atoms with Crippen LogP contribution in [0, 0.1) is 6.92 Å². The van der Waals surface area contributed by atoms with Crippen LogP contribution in [0.5, 0.6) is 0 Å². The normalized spacial score (nSPS) is 14.6. The fourth-order valence-corrected chi connectivity index (χ4v) is 4.59. The van der Waals surface area contributed by atoms with Crippen LogP contribution in [0.4, 0.5) is 5.82 Å². The van der Waals surface area contributed by atoms with Crippen LogP contribution in [0.2, 0.25) is 0 Å². The van der Waals surface area contributed by atoms with E-state index in [1.165, 1.54) is 0 Å². The van der Waals surface area contributed by atoms with Gasteiger partial charge < -0.3 is 15.2 Å². The van der Waals surface area contributed by atoms with E-state index < -0.39 is 0 Å². The summed E-state index contributed by atoms with van der Waals surface area (Å²) in [5, 5.41) is 10.1. The SMILES string of the molecule is CNc1ncnc2c1c(-c1[nH]c3cc(C(=O)N4CCCC4)ccc3c1C)nn2C(C)(C)C. The molecule has 5 rings (SSSR count). The van der Waals surface area contributed by atoms with E-state index in [2.05, 4.69) is 48.0 Å². The predicted molar refractivity (Wildman–Crippen MR) is 127 cm³/mol. The molecule has 2 N–H and O–H groups in total. The Labute approximate surface area is 187 Å². The van der Waals surface area contributed by atoms with Crippen LogP contribution < -0.4 is 5.32 Å². The van der Waals surface area contributed by atoms with Crippen LogP contribution in [-0.4, -0.2) is 55.7 Å². The number of H-pyrrole nitrogens is 1.